The number of hydrogen-bond acceptors (Lipinski definition) is 5. The maximum Gasteiger partial charge on any atom is 0.224 e. The van der Waals surface area contributed by atoms with Crippen molar-refractivity contribution in [2.24, 2.45) is 5.92 Å². The fourth-order valence-electron chi connectivity index (χ4n) is 2.90. The Morgan fingerprint density at radius 3 is 2.62 bits per heavy atom. The Morgan fingerprint density at radius 1 is 1.19 bits per heavy atom. The fourth-order valence-corrected chi connectivity index (χ4v) is 3.21. The first kappa shape index (κ1) is 15.0. The monoisotopic (exact) mass is 354 g/mol. The Morgan fingerprint density at radius 2 is 1.95 bits per heavy atom. The van der Waals surface area contributed by atoms with Crippen LogP contribution in [0.3, 0.4) is 0 Å². The van der Waals surface area contributed by atoms with Crippen molar-refractivity contribution >= 4 is 27.7 Å². The van der Waals surface area contributed by atoms with Crippen molar-refractivity contribution in [3.63, 3.8) is 0 Å². The molecule has 3 rings (SSSR count). The first-order valence-electron chi connectivity index (χ1n) is 7.91. The number of nitrogens with zero attached hydrogens (tertiary/aromatic N) is 2. The lowest BCUT2D eigenvalue weighted by atomic mass is 9.85. The molecule has 5 nitrogen and oxygen atoms in total. The molecule has 2 aliphatic carbocycles. The van der Waals surface area contributed by atoms with Crippen LogP contribution in [0.15, 0.2) is 10.7 Å². The van der Waals surface area contributed by atoms with Gasteiger partial charge in [-0.15, -0.1) is 0 Å². The summed E-state index contributed by atoms with van der Waals surface area (Å²) < 4.78 is 0.891. The number of aromatic nitrogens is 2. The van der Waals surface area contributed by atoms with Crippen LogP contribution in [-0.4, -0.2) is 33.8 Å². The van der Waals surface area contributed by atoms with Crippen LogP contribution in [0.1, 0.15) is 44.9 Å². The molecule has 2 aliphatic rings. The fraction of sp³-hybridized carbons (Fsp3) is 0.733. The van der Waals surface area contributed by atoms with E-state index in [1.54, 1.807) is 6.20 Å². The molecule has 1 aromatic rings. The summed E-state index contributed by atoms with van der Waals surface area (Å²) >= 11 is 3.51. The second-order valence-electron chi connectivity index (χ2n) is 6.22. The van der Waals surface area contributed by atoms with Gasteiger partial charge in [0, 0.05) is 18.8 Å². The molecule has 1 heterocycles. The molecule has 0 unspecified atom stereocenters. The molecule has 3 N–H and O–H groups in total. The number of halogens is 1. The zero-order valence-electron chi connectivity index (χ0n) is 12.2. The standard InChI is InChI=1S/C15H23BrN4O/c16-13-9-18-15(17-8-10-2-1-3-10)20-14(13)19-11-4-6-12(21)7-5-11/h9-12,21H,1-8H2,(H2,17,18,19,20)/t11-,12-. The Hall–Kier alpha value is -0.880. The number of aliphatic hydroxyl groups is 1. The van der Waals surface area contributed by atoms with Gasteiger partial charge in [-0.05, 0) is 60.4 Å². The third-order valence-corrected chi connectivity index (χ3v) is 5.14. The minimum absolute atomic E-state index is 0.128. The first-order chi connectivity index (χ1) is 10.2. The van der Waals surface area contributed by atoms with Crippen LogP contribution in [0.5, 0.6) is 0 Å². The highest BCUT2D eigenvalue weighted by atomic mass is 79.9. The van der Waals surface area contributed by atoms with Crippen LogP contribution in [0.25, 0.3) is 0 Å². The molecule has 0 saturated heterocycles. The van der Waals surface area contributed by atoms with E-state index < -0.39 is 0 Å². The maximum atomic E-state index is 9.57. The number of hydrogen-bond donors (Lipinski definition) is 3. The molecule has 21 heavy (non-hydrogen) atoms. The molecular weight excluding hydrogens is 332 g/mol. The van der Waals surface area contributed by atoms with Crippen molar-refractivity contribution in [3.8, 4) is 0 Å². The Labute approximate surface area is 134 Å². The van der Waals surface area contributed by atoms with E-state index in [0.29, 0.717) is 12.0 Å². The number of anilines is 2. The smallest absolute Gasteiger partial charge is 0.224 e. The second-order valence-corrected chi connectivity index (χ2v) is 7.07. The first-order valence-corrected chi connectivity index (χ1v) is 8.71. The summed E-state index contributed by atoms with van der Waals surface area (Å²) in [7, 11) is 0. The molecule has 0 amide bonds. The average Bonchev–Trinajstić information content (AvgIpc) is 2.43. The highest BCUT2D eigenvalue weighted by Gasteiger charge is 2.21. The van der Waals surface area contributed by atoms with Crippen LogP contribution in [-0.2, 0) is 0 Å². The average molecular weight is 355 g/mol. The lowest BCUT2D eigenvalue weighted by Crippen LogP contribution is -2.29. The van der Waals surface area contributed by atoms with E-state index in [0.717, 1.165) is 48.4 Å². The summed E-state index contributed by atoms with van der Waals surface area (Å²) in [5.74, 6) is 2.33. The van der Waals surface area contributed by atoms with Crippen molar-refractivity contribution in [3.05, 3.63) is 10.7 Å². The summed E-state index contributed by atoms with van der Waals surface area (Å²) in [5, 5.41) is 16.4. The number of nitrogens with one attached hydrogen (secondary N) is 2. The molecule has 116 valence electrons. The van der Waals surface area contributed by atoms with E-state index in [9.17, 15) is 5.11 Å². The maximum absolute atomic E-state index is 9.57. The predicted octanol–water partition coefficient (Wildman–Crippen LogP) is 3.17. The molecule has 1 aromatic heterocycles. The van der Waals surface area contributed by atoms with E-state index in [1.807, 2.05) is 0 Å². The third kappa shape index (κ3) is 4.07. The highest BCUT2D eigenvalue weighted by Crippen LogP contribution is 2.28. The van der Waals surface area contributed by atoms with Crippen LogP contribution in [0.4, 0.5) is 11.8 Å². The van der Waals surface area contributed by atoms with E-state index in [1.165, 1.54) is 19.3 Å². The number of aliphatic hydroxyl groups excluding tert-OH is 1. The molecule has 0 radical (unpaired) electrons. The molecule has 2 fully saturated rings. The normalized spacial score (nSPS) is 26.2. The summed E-state index contributed by atoms with van der Waals surface area (Å²) in [4.78, 5) is 8.90. The Kier molecular flexibility index (Phi) is 4.95. The van der Waals surface area contributed by atoms with E-state index in [4.69, 9.17) is 0 Å². The van der Waals surface area contributed by atoms with Crippen molar-refractivity contribution in [1.29, 1.82) is 0 Å². The lowest BCUT2D eigenvalue weighted by Gasteiger charge is -2.27. The topological polar surface area (TPSA) is 70.1 Å². The van der Waals surface area contributed by atoms with E-state index >= 15 is 0 Å². The van der Waals surface area contributed by atoms with Crippen LogP contribution >= 0.6 is 15.9 Å². The largest absolute Gasteiger partial charge is 0.393 e. The van der Waals surface area contributed by atoms with Gasteiger partial charge < -0.3 is 15.7 Å². The summed E-state index contributed by atoms with van der Waals surface area (Å²) in [5.41, 5.74) is 0. The van der Waals surface area contributed by atoms with Gasteiger partial charge in [0.2, 0.25) is 5.95 Å². The Balaban J connectivity index is 1.57. The summed E-state index contributed by atoms with van der Waals surface area (Å²) in [6, 6.07) is 0.388. The van der Waals surface area contributed by atoms with Crippen molar-refractivity contribution in [2.75, 3.05) is 17.2 Å². The molecule has 0 bridgehead atoms. The molecule has 0 aliphatic heterocycles. The highest BCUT2D eigenvalue weighted by molar-refractivity contribution is 9.10. The molecule has 0 aromatic carbocycles. The molecule has 2 saturated carbocycles. The third-order valence-electron chi connectivity index (χ3n) is 4.56. The van der Waals surface area contributed by atoms with Gasteiger partial charge in [0.1, 0.15) is 5.82 Å². The van der Waals surface area contributed by atoms with Gasteiger partial charge in [0.15, 0.2) is 0 Å². The minimum atomic E-state index is -0.128. The molecule has 0 spiro atoms. The predicted molar refractivity (Wildman–Crippen MR) is 87.4 cm³/mol. The Bertz CT molecular complexity index is 473. The second kappa shape index (κ2) is 6.92. The SMILES string of the molecule is O[C@H]1CC[C@H](Nc2nc(NCC3CCC3)ncc2Br)CC1. The van der Waals surface area contributed by atoms with Gasteiger partial charge in [0.25, 0.3) is 0 Å². The van der Waals surface area contributed by atoms with E-state index in [2.05, 4.69) is 36.5 Å². The molecule has 6 heteroatoms. The van der Waals surface area contributed by atoms with Crippen molar-refractivity contribution < 1.29 is 5.11 Å². The van der Waals surface area contributed by atoms with Gasteiger partial charge >= 0.3 is 0 Å². The van der Waals surface area contributed by atoms with Gasteiger partial charge in [-0.2, -0.15) is 4.98 Å². The quantitative estimate of drug-likeness (QED) is 0.757. The van der Waals surface area contributed by atoms with Gasteiger partial charge in [-0.1, -0.05) is 6.42 Å². The van der Waals surface area contributed by atoms with Crippen molar-refractivity contribution in [1.82, 2.24) is 9.97 Å². The zero-order valence-corrected chi connectivity index (χ0v) is 13.8. The van der Waals surface area contributed by atoms with Gasteiger partial charge in [-0.25, -0.2) is 4.98 Å². The minimum Gasteiger partial charge on any atom is -0.393 e. The molecular formula is C15H23BrN4O. The van der Waals surface area contributed by atoms with E-state index in [-0.39, 0.29) is 6.10 Å². The van der Waals surface area contributed by atoms with Crippen molar-refractivity contribution in [2.45, 2.75) is 57.1 Å². The lowest BCUT2D eigenvalue weighted by molar-refractivity contribution is 0.126. The van der Waals surface area contributed by atoms with Crippen LogP contribution in [0, 0.1) is 5.92 Å². The van der Waals surface area contributed by atoms with Gasteiger partial charge in [0.05, 0.1) is 10.6 Å². The zero-order chi connectivity index (χ0) is 14.7. The summed E-state index contributed by atoms with van der Waals surface area (Å²) in [6.07, 6.45) is 9.38. The van der Waals surface area contributed by atoms with Gasteiger partial charge in [-0.3, -0.25) is 0 Å². The van der Waals surface area contributed by atoms with Crippen LogP contribution in [0.2, 0.25) is 0 Å². The number of rotatable bonds is 5. The molecule has 0 atom stereocenters. The summed E-state index contributed by atoms with van der Waals surface area (Å²) in [6.45, 7) is 0.969. The van der Waals surface area contributed by atoms with Crippen LogP contribution < -0.4 is 10.6 Å².